The SMILES string of the molecule is CN1CCCC(CNCC2CCCCN2)C1. The fraction of sp³-hybridized carbons (Fsp3) is 1.00. The molecular formula is C13H27N3. The second-order valence-electron chi connectivity index (χ2n) is 5.58. The normalized spacial score (nSPS) is 32.8. The molecule has 2 fully saturated rings. The molecule has 0 spiro atoms. The van der Waals surface area contributed by atoms with Crippen molar-refractivity contribution < 1.29 is 0 Å². The maximum Gasteiger partial charge on any atom is 0.0192 e. The number of rotatable bonds is 4. The Morgan fingerprint density at radius 1 is 1.19 bits per heavy atom. The molecule has 0 aromatic heterocycles. The predicted octanol–water partition coefficient (Wildman–Crippen LogP) is 1.06. The van der Waals surface area contributed by atoms with Crippen LogP contribution in [-0.2, 0) is 0 Å². The maximum absolute atomic E-state index is 3.66. The van der Waals surface area contributed by atoms with Crippen molar-refractivity contribution in [1.82, 2.24) is 15.5 Å². The van der Waals surface area contributed by atoms with E-state index < -0.39 is 0 Å². The first-order chi connectivity index (χ1) is 7.84. The van der Waals surface area contributed by atoms with E-state index >= 15 is 0 Å². The zero-order valence-corrected chi connectivity index (χ0v) is 10.7. The lowest BCUT2D eigenvalue weighted by Crippen LogP contribution is -2.44. The molecule has 2 aliphatic heterocycles. The van der Waals surface area contributed by atoms with Crippen molar-refractivity contribution in [2.45, 2.75) is 38.1 Å². The topological polar surface area (TPSA) is 27.3 Å². The van der Waals surface area contributed by atoms with Crippen LogP contribution in [0.5, 0.6) is 0 Å². The molecular weight excluding hydrogens is 198 g/mol. The highest BCUT2D eigenvalue weighted by Gasteiger charge is 2.17. The van der Waals surface area contributed by atoms with Crippen LogP contribution >= 0.6 is 0 Å². The van der Waals surface area contributed by atoms with Crippen molar-refractivity contribution in [2.75, 3.05) is 39.8 Å². The molecule has 2 aliphatic rings. The number of likely N-dealkylation sites (tertiary alicyclic amines) is 1. The molecule has 0 aliphatic carbocycles. The third kappa shape index (κ3) is 4.04. The fourth-order valence-corrected chi connectivity index (χ4v) is 3.00. The Labute approximate surface area is 100.0 Å². The zero-order chi connectivity index (χ0) is 11.2. The van der Waals surface area contributed by atoms with E-state index in [1.807, 2.05) is 0 Å². The highest BCUT2D eigenvalue weighted by molar-refractivity contribution is 4.77. The molecule has 0 aromatic carbocycles. The molecule has 94 valence electrons. The van der Waals surface area contributed by atoms with Gasteiger partial charge in [-0.3, -0.25) is 0 Å². The number of hydrogen-bond acceptors (Lipinski definition) is 3. The summed E-state index contributed by atoms with van der Waals surface area (Å²) in [6.07, 6.45) is 6.92. The highest BCUT2D eigenvalue weighted by atomic mass is 15.1. The molecule has 2 N–H and O–H groups in total. The van der Waals surface area contributed by atoms with Gasteiger partial charge in [-0.15, -0.1) is 0 Å². The minimum atomic E-state index is 0.732. The smallest absolute Gasteiger partial charge is 0.0192 e. The van der Waals surface area contributed by atoms with E-state index in [-0.39, 0.29) is 0 Å². The molecule has 0 bridgehead atoms. The Balaban J connectivity index is 1.56. The lowest BCUT2D eigenvalue weighted by atomic mass is 9.98. The van der Waals surface area contributed by atoms with Crippen molar-refractivity contribution in [2.24, 2.45) is 5.92 Å². The fourth-order valence-electron chi connectivity index (χ4n) is 3.00. The van der Waals surface area contributed by atoms with E-state index in [0.717, 1.165) is 12.0 Å². The summed E-state index contributed by atoms with van der Waals surface area (Å²) in [5.74, 6) is 0.877. The number of hydrogen-bond donors (Lipinski definition) is 2. The Bertz CT molecular complexity index is 190. The lowest BCUT2D eigenvalue weighted by molar-refractivity contribution is 0.204. The van der Waals surface area contributed by atoms with E-state index in [4.69, 9.17) is 0 Å². The average molecular weight is 225 g/mol. The largest absolute Gasteiger partial charge is 0.315 e. The van der Waals surface area contributed by atoms with Gasteiger partial charge in [0.1, 0.15) is 0 Å². The van der Waals surface area contributed by atoms with Gasteiger partial charge in [0.25, 0.3) is 0 Å². The van der Waals surface area contributed by atoms with Gasteiger partial charge in [-0.25, -0.2) is 0 Å². The summed E-state index contributed by atoms with van der Waals surface area (Å²) in [6, 6.07) is 0.732. The molecule has 0 amide bonds. The van der Waals surface area contributed by atoms with E-state index in [1.54, 1.807) is 0 Å². The van der Waals surface area contributed by atoms with Crippen molar-refractivity contribution in [3.8, 4) is 0 Å². The Hall–Kier alpha value is -0.120. The van der Waals surface area contributed by atoms with Gasteiger partial charge in [-0.05, 0) is 58.3 Å². The molecule has 3 heteroatoms. The molecule has 0 saturated carbocycles. The molecule has 2 rings (SSSR count). The van der Waals surface area contributed by atoms with Gasteiger partial charge in [0.05, 0.1) is 0 Å². The van der Waals surface area contributed by atoms with E-state index in [2.05, 4.69) is 22.6 Å². The van der Waals surface area contributed by atoms with E-state index in [9.17, 15) is 0 Å². The first-order valence-electron chi connectivity index (χ1n) is 6.97. The van der Waals surface area contributed by atoms with Gasteiger partial charge in [0, 0.05) is 19.1 Å². The first kappa shape index (κ1) is 12.3. The second-order valence-corrected chi connectivity index (χ2v) is 5.58. The van der Waals surface area contributed by atoms with Crippen LogP contribution in [0.25, 0.3) is 0 Å². The van der Waals surface area contributed by atoms with Crippen LogP contribution in [0.4, 0.5) is 0 Å². The van der Waals surface area contributed by atoms with Gasteiger partial charge in [-0.1, -0.05) is 6.42 Å². The minimum Gasteiger partial charge on any atom is -0.315 e. The summed E-state index contributed by atoms with van der Waals surface area (Å²) in [4.78, 5) is 2.47. The van der Waals surface area contributed by atoms with Crippen LogP contribution < -0.4 is 10.6 Å². The monoisotopic (exact) mass is 225 g/mol. The summed E-state index contributed by atoms with van der Waals surface area (Å²) in [5.41, 5.74) is 0. The third-order valence-electron chi connectivity index (χ3n) is 3.96. The molecule has 16 heavy (non-hydrogen) atoms. The van der Waals surface area contributed by atoms with Crippen LogP contribution in [0, 0.1) is 5.92 Å². The van der Waals surface area contributed by atoms with Gasteiger partial charge in [0.15, 0.2) is 0 Å². The van der Waals surface area contributed by atoms with Crippen molar-refractivity contribution in [3.05, 3.63) is 0 Å². The van der Waals surface area contributed by atoms with E-state index in [1.165, 1.54) is 64.8 Å². The van der Waals surface area contributed by atoms with Crippen LogP contribution in [0.1, 0.15) is 32.1 Å². The van der Waals surface area contributed by atoms with Gasteiger partial charge >= 0.3 is 0 Å². The second kappa shape index (κ2) is 6.58. The standard InChI is InChI=1S/C13H27N3/c1-16-8-4-5-12(11-16)9-14-10-13-6-2-3-7-15-13/h12-15H,2-11H2,1H3. The number of nitrogens with zero attached hydrogens (tertiary/aromatic N) is 1. The zero-order valence-electron chi connectivity index (χ0n) is 10.7. The van der Waals surface area contributed by atoms with Crippen molar-refractivity contribution in [3.63, 3.8) is 0 Å². The highest BCUT2D eigenvalue weighted by Crippen LogP contribution is 2.14. The molecule has 0 aromatic rings. The van der Waals surface area contributed by atoms with E-state index in [0.29, 0.717) is 0 Å². The Morgan fingerprint density at radius 3 is 2.88 bits per heavy atom. The third-order valence-corrected chi connectivity index (χ3v) is 3.96. The van der Waals surface area contributed by atoms with Gasteiger partial charge < -0.3 is 15.5 Å². The summed E-state index contributed by atoms with van der Waals surface area (Å²) >= 11 is 0. The van der Waals surface area contributed by atoms with Crippen molar-refractivity contribution in [1.29, 1.82) is 0 Å². The molecule has 2 saturated heterocycles. The average Bonchev–Trinajstić information content (AvgIpc) is 2.30. The minimum absolute atomic E-state index is 0.732. The molecule has 0 radical (unpaired) electrons. The van der Waals surface area contributed by atoms with Gasteiger partial charge in [0.2, 0.25) is 0 Å². The summed E-state index contributed by atoms with van der Waals surface area (Å²) in [6.45, 7) is 6.17. The van der Waals surface area contributed by atoms with Crippen LogP contribution in [-0.4, -0.2) is 50.7 Å². The van der Waals surface area contributed by atoms with Gasteiger partial charge in [-0.2, -0.15) is 0 Å². The Kier molecular flexibility index (Phi) is 5.07. The molecule has 2 atom stereocenters. The molecule has 2 heterocycles. The summed E-state index contributed by atoms with van der Waals surface area (Å²) in [5, 5.41) is 7.25. The van der Waals surface area contributed by atoms with Crippen LogP contribution in [0.3, 0.4) is 0 Å². The molecule has 2 unspecified atom stereocenters. The number of nitrogens with one attached hydrogen (secondary N) is 2. The quantitative estimate of drug-likeness (QED) is 0.749. The van der Waals surface area contributed by atoms with Crippen LogP contribution in [0.2, 0.25) is 0 Å². The lowest BCUT2D eigenvalue weighted by Gasteiger charge is -2.30. The maximum atomic E-state index is 3.66. The Morgan fingerprint density at radius 2 is 2.12 bits per heavy atom. The molecule has 3 nitrogen and oxygen atoms in total. The summed E-state index contributed by atoms with van der Waals surface area (Å²) < 4.78 is 0. The van der Waals surface area contributed by atoms with Crippen LogP contribution in [0.15, 0.2) is 0 Å². The van der Waals surface area contributed by atoms with Crippen molar-refractivity contribution >= 4 is 0 Å². The summed E-state index contributed by atoms with van der Waals surface area (Å²) in [7, 11) is 2.24. The number of piperidine rings is 2. The first-order valence-corrected chi connectivity index (χ1v) is 6.97. The predicted molar refractivity (Wildman–Crippen MR) is 68.7 cm³/mol.